The van der Waals surface area contributed by atoms with Crippen LogP contribution in [0.1, 0.15) is 64.2 Å². The van der Waals surface area contributed by atoms with Crippen molar-refractivity contribution >= 4 is 0 Å². The Labute approximate surface area is 107 Å². The summed E-state index contributed by atoms with van der Waals surface area (Å²) in [6.07, 6.45) is 15.2. The maximum atomic E-state index is 3.66. The molecular weight excluding hydrogens is 206 g/mol. The van der Waals surface area contributed by atoms with Gasteiger partial charge in [-0.3, -0.25) is 0 Å². The number of rotatable bonds is 4. The molecule has 1 nitrogen and oxygen atoms in total. The van der Waals surface area contributed by atoms with E-state index in [0.29, 0.717) is 0 Å². The molecule has 0 heterocycles. The normalized spacial score (nSPS) is 39.7. The van der Waals surface area contributed by atoms with Gasteiger partial charge in [-0.1, -0.05) is 25.7 Å². The monoisotopic (exact) mass is 235 g/mol. The third-order valence-corrected chi connectivity index (χ3v) is 6.03. The first-order chi connectivity index (χ1) is 8.36. The second kappa shape index (κ2) is 5.30. The van der Waals surface area contributed by atoms with Crippen LogP contribution in [-0.2, 0) is 0 Å². The van der Waals surface area contributed by atoms with Gasteiger partial charge in [0.05, 0.1) is 0 Å². The molecular formula is C16H29N. The van der Waals surface area contributed by atoms with Crippen molar-refractivity contribution in [3.05, 3.63) is 0 Å². The van der Waals surface area contributed by atoms with Crippen LogP contribution in [0.4, 0.5) is 0 Å². The summed E-state index contributed by atoms with van der Waals surface area (Å²) in [5.41, 5.74) is 0. The zero-order valence-electron chi connectivity index (χ0n) is 11.5. The summed E-state index contributed by atoms with van der Waals surface area (Å²) in [5, 5.41) is 3.66. The van der Waals surface area contributed by atoms with Gasteiger partial charge in [-0.2, -0.15) is 0 Å². The molecule has 2 bridgehead atoms. The van der Waals surface area contributed by atoms with E-state index < -0.39 is 0 Å². The fraction of sp³-hybridized carbons (Fsp3) is 1.00. The minimum atomic E-state index is 0.833. The molecule has 3 aliphatic carbocycles. The Hall–Kier alpha value is -0.0400. The summed E-state index contributed by atoms with van der Waals surface area (Å²) < 4.78 is 0. The molecule has 0 amide bonds. The molecule has 1 N–H and O–H groups in total. The minimum absolute atomic E-state index is 0.833. The van der Waals surface area contributed by atoms with Crippen LogP contribution in [0.25, 0.3) is 0 Å². The number of hydrogen-bond donors (Lipinski definition) is 1. The zero-order valence-corrected chi connectivity index (χ0v) is 11.5. The van der Waals surface area contributed by atoms with Gasteiger partial charge in [0.2, 0.25) is 0 Å². The second-order valence-corrected chi connectivity index (χ2v) is 6.96. The van der Waals surface area contributed by atoms with Gasteiger partial charge in [0, 0.05) is 6.04 Å². The standard InChI is InChI=1S/C16H29N/c1-17-16(13-5-3-2-4-6-13)11-15-10-12-7-8-14(15)9-12/h12-17H,2-11H2,1H3. The van der Waals surface area contributed by atoms with E-state index in [1.54, 1.807) is 25.7 Å². The molecule has 3 saturated carbocycles. The SMILES string of the molecule is CNC(CC1CC2CCC1C2)C1CCCCC1. The molecule has 4 unspecified atom stereocenters. The Kier molecular flexibility index (Phi) is 3.75. The molecule has 0 spiro atoms. The molecule has 0 aromatic carbocycles. The van der Waals surface area contributed by atoms with Gasteiger partial charge in [0.15, 0.2) is 0 Å². The van der Waals surface area contributed by atoms with Gasteiger partial charge < -0.3 is 5.32 Å². The summed E-state index contributed by atoms with van der Waals surface area (Å²) in [6, 6.07) is 0.833. The van der Waals surface area contributed by atoms with Crippen LogP contribution in [0.15, 0.2) is 0 Å². The Morgan fingerprint density at radius 1 is 1.00 bits per heavy atom. The summed E-state index contributed by atoms with van der Waals surface area (Å²) in [7, 11) is 2.20. The van der Waals surface area contributed by atoms with E-state index in [0.717, 1.165) is 29.7 Å². The highest BCUT2D eigenvalue weighted by molar-refractivity contribution is 4.93. The van der Waals surface area contributed by atoms with Crippen molar-refractivity contribution < 1.29 is 0 Å². The van der Waals surface area contributed by atoms with Gasteiger partial charge >= 0.3 is 0 Å². The van der Waals surface area contributed by atoms with Crippen molar-refractivity contribution in [3.63, 3.8) is 0 Å². The van der Waals surface area contributed by atoms with E-state index in [1.165, 1.54) is 38.5 Å². The first-order valence-electron chi connectivity index (χ1n) is 8.04. The lowest BCUT2D eigenvalue weighted by atomic mass is 9.77. The third kappa shape index (κ3) is 2.54. The van der Waals surface area contributed by atoms with E-state index in [-0.39, 0.29) is 0 Å². The lowest BCUT2D eigenvalue weighted by molar-refractivity contribution is 0.210. The molecule has 4 atom stereocenters. The quantitative estimate of drug-likeness (QED) is 0.777. The van der Waals surface area contributed by atoms with Crippen LogP contribution >= 0.6 is 0 Å². The number of fused-ring (bicyclic) bond motifs is 2. The molecule has 0 aromatic heterocycles. The molecule has 0 aliphatic heterocycles. The Bertz CT molecular complexity index is 244. The highest BCUT2D eigenvalue weighted by Crippen LogP contribution is 2.50. The van der Waals surface area contributed by atoms with Crippen LogP contribution in [0.3, 0.4) is 0 Å². The summed E-state index contributed by atoms with van der Waals surface area (Å²) in [6.45, 7) is 0. The highest BCUT2D eigenvalue weighted by atomic mass is 14.9. The molecule has 17 heavy (non-hydrogen) atoms. The van der Waals surface area contributed by atoms with Crippen LogP contribution in [0.5, 0.6) is 0 Å². The van der Waals surface area contributed by atoms with Crippen LogP contribution in [0.2, 0.25) is 0 Å². The summed E-state index contributed by atoms with van der Waals surface area (Å²) >= 11 is 0. The molecule has 0 saturated heterocycles. The fourth-order valence-electron chi connectivity index (χ4n) is 5.07. The molecule has 0 aromatic rings. The van der Waals surface area contributed by atoms with E-state index >= 15 is 0 Å². The molecule has 0 radical (unpaired) electrons. The van der Waals surface area contributed by atoms with Gasteiger partial charge in [-0.25, -0.2) is 0 Å². The summed E-state index contributed by atoms with van der Waals surface area (Å²) in [5.74, 6) is 4.30. The maximum absolute atomic E-state index is 3.66. The van der Waals surface area contributed by atoms with Crippen molar-refractivity contribution in [2.24, 2.45) is 23.7 Å². The van der Waals surface area contributed by atoms with Crippen LogP contribution in [0, 0.1) is 23.7 Å². The molecule has 1 heteroatoms. The van der Waals surface area contributed by atoms with E-state index in [9.17, 15) is 0 Å². The number of nitrogens with one attached hydrogen (secondary N) is 1. The fourth-order valence-corrected chi connectivity index (χ4v) is 5.07. The van der Waals surface area contributed by atoms with Gasteiger partial charge in [-0.05, 0) is 69.2 Å². The molecule has 3 aliphatic rings. The zero-order chi connectivity index (χ0) is 11.7. The van der Waals surface area contributed by atoms with Gasteiger partial charge in [0.1, 0.15) is 0 Å². The Morgan fingerprint density at radius 3 is 2.41 bits per heavy atom. The third-order valence-electron chi connectivity index (χ3n) is 6.03. The van der Waals surface area contributed by atoms with E-state index in [1.807, 2.05) is 0 Å². The predicted octanol–water partition coefficient (Wildman–Crippen LogP) is 3.98. The van der Waals surface area contributed by atoms with Crippen LogP contribution in [-0.4, -0.2) is 13.1 Å². The summed E-state index contributed by atoms with van der Waals surface area (Å²) in [4.78, 5) is 0. The van der Waals surface area contributed by atoms with Gasteiger partial charge in [0.25, 0.3) is 0 Å². The predicted molar refractivity (Wildman–Crippen MR) is 73.0 cm³/mol. The van der Waals surface area contributed by atoms with Crippen molar-refractivity contribution in [2.45, 2.75) is 70.3 Å². The molecule has 98 valence electrons. The van der Waals surface area contributed by atoms with Crippen molar-refractivity contribution in [1.29, 1.82) is 0 Å². The van der Waals surface area contributed by atoms with Crippen molar-refractivity contribution in [1.82, 2.24) is 5.32 Å². The largest absolute Gasteiger partial charge is 0.317 e. The van der Waals surface area contributed by atoms with Gasteiger partial charge in [-0.15, -0.1) is 0 Å². The lowest BCUT2D eigenvalue weighted by Crippen LogP contribution is -2.37. The first kappa shape index (κ1) is 12.0. The maximum Gasteiger partial charge on any atom is 0.00950 e. The Morgan fingerprint density at radius 2 is 1.82 bits per heavy atom. The topological polar surface area (TPSA) is 12.0 Å². The van der Waals surface area contributed by atoms with E-state index in [4.69, 9.17) is 0 Å². The smallest absolute Gasteiger partial charge is 0.00950 e. The molecule has 3 rings (SSSR count). The van der Waals surface area contributed by atoms with Crippen molar-refractivity contribution in [3.8, 4) is 0 Å². The average Bonchev–Trinajstić information content (AvgIpc) is 2.99. The van der Waals surface area contributed by atoms with Crippen molar-refractivity contribution in [2.75, 3.05) is 7.05 Å². The second-order valence-electron chi connectivity index (χ2n) is 6.96. The lowest BCUT2D eigenvalue weighted by Gasteiger charge is -2.34. The average molecular weight is 235 g/mol. The van der Waals surface area contributed by atoms with Crippen LogP contribution < -0.4 is 5.32 Å². The highest BCUT2D eigenvalue weighted by Gasteiger charge is 2.40. The number of hydrogen-bond acceptors (Lipinski definition) is 1. The first-order valence-corrected chi connectivity index (χ1v) is 8.04. The molecule has 3 fully saturated rings. The van der Waals surface area contributed by atoms with E-state index in [2.05, 4.69) is 12.4 Å². The Balaban J connectivity index is 1.54. The minimum Gasteiger partial charge on any atom is -0.317 e.